The molecule has 0 aromatic carbocycles. The molecule has 1 aromatic rings. The average molecular weight is 414 g/mol. The molecule has 1 aromatic heterocycles. The molecule has 6 heteroatoms. The zero-order valence-electron chi connectivity index (χ0n) is 17.9. The van der Waals surface area contributed by atoms with Crippen molar-refractivity contribution < 1.29 is 9.59 Å². The second-order valence-corrected chi connectivity index (χ2v) is 9.94. The normalized spacial score (nSPS) is 24.3. The van der Waals surface area contributed by atoms with Gasteiger partial charge < -0.3 is 10.2 Å². The van der Waals surface area contributed by atoms with Crippen molar-refractivity contribution in [1.29, 1.82) is 0 Å². The molecule has 156 valence electrons. The van der Waals surface area contributed by atoms with E-state index in [0.717, 1.165) is 36.4 Å². The molecule has 3 aliphatic rings. The van der Waals surface area contributed by atoms with Crippen LogP contribution >= 0.6 is 11.3 Å². The van der Waals surface area contributed by atoms with E-state index >= 15 is 0 Å². The number of fused-ring (bicyclic) bond motifs is 1. The van der Waals surface area contributed by atoms with Crippen molar-refractivity contribution in [2.24, 2.45) is 16.8 Å². The number of dihydropyridines is 1. The van der Waals surface area contributed by atoms with Crippen molar-refractivity contribution in [3.05, 3.63) is 32.5 Å². The monoisotopic (exact) mass is 413 g/mol. The fraction of sp³-hybridized carbons (Fsp3) is 0.609. The van der Waals surface area contributed by atoms with Gasteiger partial charge in [0, 0.05) is 35.0 Å². The highest BCUT2D eigenvalue weighted by Gasteiger charge is 2.35. The molecule has 0 bridgehead atoms. The number of piperidine rings is 1. The van der Waals surface area contributed by atoms with Gasteiger partial charge >= 0.3 is 0 Å². The Morgan fingerprint density at radius 1 is 1.24 bits per heavy atom. The number of nitrogens with zero attached hydrogens (tertiary/aromatic N) is 2. The van der Waals surface area contributed by atoms with E-state index in [-0.39, 0.29) is 17.7 Å². The summed E-state index contributed by atoms with van der Waals surface area (Å²) in [6.07, 6.45) is 5.26. The first-order valence-electron chi connectivity index (χ1n) is 10.8. The Balaban J connectivity index is 1.54. The minimum absolute atomic E-state index is 0.0932. The first-order chi connectivity index (χ1) is 13.9. The van der Waals surface area contributed by atoms with Crippen LogP contribution in [-0.4, -0.2) is 48.6 Å². The molecule has 2 amide bonds. The van der Waals surface area contributed by atoms with E-state index in [0.29, 0.717) is 24.9 Å². The van der Waals surface area contributed by atoms with Crippen LogP contribution in [0.15, 0.2) is 16.6 Å². The standard InChI is InChI=1S/C23H31N3O2S/c1-13-11-14(2)25-22(27)18(13)12-26-10-7-19-20(23(26)28)16(4)21(29-19)15(3)17-5-8-24-9-6-17/h11,15,17-18,24H,5-10,12H2,1-4H3. The van der Waals surface area contributed by atoms with Crippen LogP contribution < -0.4 is 5.32 Å². The molecule has 4 heterocycles. The maximum absolute atomic E-state index is 13.4. The van der Waals surface area contributed by atoms with Crippen LogP contribution in [0, 0.1) is 18.8 Å². The summed E-state index contributed by atoms with van der Waals surface area (Å²) in [5.41, 5.74) is 3.83. The molecule has 3 aliphatic heterocycles. The lowest BCUT2D eigenvalue weighted by atomic mass is 9.83. The van der Waals surface area contributed by atoms with Crippen molar-refractivity contribution in [2.45, 2.75) is 52.9 Å². The minimum atomic E-state index is -0.309. The van der Waals surface area contributed by atoms with Crippen molar-refractivity contribution in [2.75, 3.05) is 26.2 Å². The van der Waals surface area contributed by atoms with Gasteiger partial charge in [0.2, 0.25) is 0 Å². The molecule has 4 rings (SSSR count). The van der Waals surface area contributed by atoms with E-state index in [2.05, 4.69) is 24.2 Å². The third-order valence-electron chi connectivity index (χ3n) is 6.84. The summed E-state index contributed by atoms with van der Waals surface area (Å²) in [5.74, 6) is 0.849. The maximum Gasteiger partial charge on any atom is 0.255 e. The van der Waals surface area contributed by atoms with Crippen molar-refractivity contribution >= 4 is 28.9 Å². The Kier molecular flexibility index (Phi) is 5.76. The van der Waals surface area contributed by atoms with Gasteiger partial charge in [-0.25, -0.2) is 4.99 Å². The zero-order chi connectivity index (χ0) is 20.7. The molecule has 1 saturated heterocycles. The number of allylic oxidation sites excluding steroid dienone is 1. The molecular weight excluding hydrogens is 382 g/mol. The highest BCUT2D eigenvalue weighted by Crippen LogP contribution is 2.41. The second kappa shape index (κ2) is 8.15. The number of amides is 2. The fourth-order valence-electron chi connectivity index (χ4n) is 5.06. The lowest BCUT2D eigenvalue weighted by Gasteiger charge is -2.31. The van der Waals surface area contributed by atoms with E-state index < -0.39 is 0 Å². The molecular formula is C23H31N3O2S. The largest absolute Gasteiger partial charge is 0.337 e. The van der Waals surface area contributed by atoms with Gasteiger partial charge in [0.05, 0.1) is 11.5 Å². The van der Waals surface area contributed by atoms with Crippen LogP contribution in [0.1, 0.15) is 65.2 Å². The van der Waals surface area contributed by atoms with Gasteiger partial charge in [-0.05, 0) is 70.2 Å². The zero-order valence-corrected chi connectivity index (χ0v) is 18.7. The van der Waals surface area contributed by atoms with Crippen molar-refractivity contribution in [3.8, 4) is 0 Å². The molecule has 1 N–H and O–H groups in total. The summed E-state index contributed by atoms with van der Waals surface area (Å²) in [7, 11) is 0. The van der Waals surface area contributed by atoms with Gasteiger partial charge in [-0.15, -0.1) is 11.3 Å². The number of rotatable bonds is 4. The number of thiophene rings is 1. The Morgan fingerprint density at radius 3 is 2.66 bits per heavy atom. The molecule has 29 heavy (non-hydrogen) atoms. The van der Waals surface area contributed by atoms with Gasteiger partial charge in [-0.1, -0.05) is 12.5 Å². The number of aliphatic imine (C=N–C) groups is 1. The third-order valence-corrected chi connectivity index (χ3v) is 8.40. The molecule has 0 aliphatic carbocycles. The molecule has 1 fully saturated rings. The first-order valence-corrected chi connectivity index (χ1v) is 11.6. The Bertz CT molecular complexity index is 892. The minimum Gasteiger partial charge on any atom is -0.337 e. The Labute approximate surface area is 177 Å². The average Bonchev–Trinajstić information content (AvgIpc) is 3.03. The summed E-state index contributed by atoms with van der Waals surface area (Å²) < 4.78 is 0. The molecule has 5 nitrogen and oxygen atoms in total. The van der Waals surface area contributed by atoms with Gasteiger partial charge in [0.15, 0.2) is 0 Å². The summed E-state index contributed by atoms with van der Waals surface area (Å²) in [4.78, 5) is 34.4. The van der Waals surface area contributed by atoms with Crippen molar-refractivity contribution in [1.82, 2.24) is 10.2 Å². The summed E-state index contributed by atoms with van der Waals surface area (Å²) in [6.45, 7) is 11.6. The first kappa shape index (κ1) is 20.5. The van der Waals surface area contributed by atoms with Crippen molar-refractivity contribution in [3.63, 3.8) is 0 Å². The highest BCUT2D eigenvalue weighted by atomic mass is 32.1. The fourth-order valence-corrected chi connectivity index (χ4v) is 6.50. The Morgan fingerprint density at radius 2 is 1.97 bits per heavy atom. The van der Waals surface area contributed by atoms with Gasteiger partial charge in [0.1, 0.15) is 0 Å². The van der Waals surface area contributed by atoms with Crippen LogP contribution in [0.25, 0.3) is 0 Å². The van der Waals surface area contributed by atoms with Crippen LogP contribution in [-0.2, 0) is 11.2 Å². The van der Waals surface area contributed by atoms with E-state index in [1.807, 2.05) is 36.2 Å². The summed E-state index contributed by atoms with van der Waals surface area (Å²) >= 11 is 1.85. The SMILES string of the molecule is CC1=CC(C)=NC(=O)C1CN1CCc2sc(C(C)C3CCNCC3)c(C)c2C1=O. The summed E-state index contributed by atoms with van der Waals surface area (Å²) in [6, 6.07) is 0. The van der Waals surface area contributed by atoms with Crippen LogP contribution in [0.4, 0.5) is 0 Å². The topological polar surface area (TPSA) is 61.8 Å². The number of hydrogen-bond acceptors (Lipinski definition) is 4. The number of carbonyl (C=O) groups excluding carboxylic acids is 2. The molecule has 2 unspecified atom stereocenters. The van der Waals surface area contributed by atoms with Crippen LogP contribution in [0.3, 0.4) is 0 Å². The smallest absolute Gasteiger partial charge is 0.255 e. The number of carbonyl (C=O) groups is 2. The lowest BCUT2D eigenvalue weighted by molar-refractivity contribution is -0.120. The number of nitrogens with one attached hydrogen (secondary N) is 1. The Hall–Kier alpha value is -1.79. The van der Waals surface area contributed by atoms with E-state index in [1.54, 1.807) is 0 Å². The number of hydrogen-bond donors (Lipinski definition) is 1. The van der Waals surface area contributed by atoms with Crippen LogP contribution in [0.2, 0.25) is 0 Å². The predicted molar refractivity (Wildman–Crippen MR) is 118 cm³/mol. The molecule has 0 radical (unpaired) electrons. The van der Waals surface area contributed by atoms with E-state index in [1.165, 1.54) is 28.2 Å². The maximum atomic E-state index is 13.4. The van der Waals surface area contributed by atoms with Gasteiger partial charge in [-0.3, -0.25) is 9.59 Å². The molecule has 2 atom stereocenters. The third kappa shape index (κ3) is 3.84. The predicted octanol–water partition coefficient (Wildman–Crippen LogP) is 3.72. The highest BCUT2D eigenvalue weighted by molar-refractivity contribution is 7.12. The molecule has 0 saturated carbocycles. The quantitative estimate of drug-likeness (QED) is 0.818. The summed E-state index contributed by atoms with van der Waals surface area (Å²) in [5, 5.41) is 3.45. The van der Waals surface area contributed by atoms with Gasteiger partial charge in [0.25, 0.3) is 11.8 Å². The van der Waals surface area contributed by atoms with Gasteiger partial charge in [-0.2, -0.15) is 0 Å². The van der Waals surface area contributed by atoms with Crippen LogP contribution in [0.5, 0.6) is 0 Å². The van der Waals surface area contributed by atoms with E-state index in [4.69, 9.17) is 0 Å². The molecule has 0 spiro atoms. The van der Waals surface area contributed by atoms with E-state index in [9.17, 15) is 9.59 Å². The second-order valence-electron chi connectivity index (χ2n) is 8.80. The lowest BCUT2D eigenvalue weighted by Crippen LogP contribution is -2.42.